The molecule has 0 bridgehead atoms. The molecule has 13 heteroatoms. The van der Waals surface area contributed by atoms with Gasteiger partial charge in [-0.3, -0.25) is 9.52 Å². The van der Waals surface area contributed by atoms with Crippen molar-refractivity contribution in [3.8, 4) is 11.1 Å². The van der Waals surface area contributed by atoms with Gasteiger partial charge in [0, 0.05) is 36.9 Å². The molecule has 0 unspecified atom stereocenters. The Morgan fingerprint density at radius 2 is 1.90 bits per heavy atom. The molecular weight excluding hydrogens is 555 g/mol. The number of fused-ring (bicyclic) bond motifs is 2. The van der Waals surface area contributed by atoms with E-state index in [4.69, 9.17) is 11.6 Å². The van der Waals surface area contributed by atoms with Crippen LogP contribution >= 0.6 is 11.6 Å². The van der Waals surface area contributed by atoms with Crippen LogP contribution in [0.25, 0.3) is 33.1 Å². The summed E-state index contributed by atoms with van der Waals surface area (Å²) in [7, 11) is -2.09. The summed E-state index contributed by atoms with van der Waals surface area (Å²) in [6.45, 7) is 3.22. The number of nitrogens with one attached hydrogen (secondary N) is 2. The lowest BCUT2D eigenvalue weighted by molar-refractivity contribution is -0.137. The molecular formula is C26H23ClF3N5O3S. The van der Waals surface area contributed by atoms with Crippen molar-refractivity contribution < 1.29 is 21.6 Å². The molecule has 0 fully saturated rings. The van der Waals surface area contributed by atoms with Gasteiger partial charge < -0.3 is 14.1 Å². The van der Waals surface area contributed by atoms with E-state index in [1.165, 1.54) is 23.6 Å². The molecule has 0 amide bonds. The fraction of sp³-hybridized carbons (Fsp3) is 0.231. The van der Waals surface area contributed by atoms with Crippen LogP contribution in [0.2, 0.25) is 5.02 Å². The quantitative estimate of drug-likeness (QED) is 0.271. The maximum atomic E-state index is 13.5. The zero-order valence-corrected chi connectivity index (χ0v) is 22.6. The average Bonchev–Trinajstić information content (AvgIpc) is 3.47. The molecule has 8 nitrogen and oxygen atoms in total. The summed E-state index contributed by atoms with van der Waals surface area (Å²) in [5.74, 6) is 0.292. The Hall–Kier alpha value is -3.77. The van der Waals surface area contributed by atoms with Crippen LogP contribution in [0.5, 0.6) is 0 Å². The number of benzene rings is 2. The number of nitrogens with zero attached hydrogens (tertiary/aromatic N) is 3. The van der Waals surface area contributed by atoms with E-state index in [1.807, 2.05) is 0 Å². The van der Waals surface area contributed by atoms with Crippen molar-refractivity contribution in [2.75, 3.05) is 10.5 Å². The fourth-order valence-corrected chi connectivity index (χ4v) is 5.44. The molecule has 2 N–H and O–H groups in total. The second-order valence-electron chi connectivity index (χ2n) is 9.18. The first-order valence-electron chi connectivity index (χ1n) is 11.8. The first-order chi connectivity index (χ1) is 18.3. The van der Waals surface area contributed by atoms with Gasteiger partial charge in [-0.25, -0.2) is 13.4 Å². The minimum atomic E-state index is -4.62. The number of imidazole rings is 1. The number of aromatic amines is 1. The van der Waals surface area contributed by atoms with Crippen LogP contribution in [-0.4, -0.2) is 33.3 Å². The van der Waals surface area contributed by atoms with Crippen molar-refractivity contribution in [1.82, 2.24) is 19.1 Å². The SMILES string of the molecule is CCS(=O)(=O)Nc1cc(-c2cn(C)c(=O)c3[nH]ccc23)cc2c1nc(C)n2Cc1ccc(Cl)c(C(F)(F)F)c1. The van der Waals surface area contributed by atoms with Gasteiger partial charge in [-0.15, -0.1) is 0 Å². The third-order valence-corrected chi connectivity index (χ3v) is 8.19. The molecule has 39 heavy (non-hydrogen) atoms. The first kappa shape index (κ1) is 26.8. The molecule has 2 aromatic carbocycles. The van der Waals surface area contributed by atoms with Crippen molar-refractivity contribution in [2.24, 2.45) is 7.05 Å². The first-order valence-corrected chi connectivity index (χ1v) is 13.9. The largest absolute Gasteiger partial charge is 0.417 e. The highest BCUT2D eigenvalue weighted by Crippen LogP contribution is 2.37. The van der Waals surface area contributed by atoms with Crippen LogP contribution in [0.4, 0.5) is 18.9 Å². The molecule has 0 spiro atoms. The summed E-state index contributed by atoms with van der Waals surface area (Å²) in [5.41, 5.74) is 1.86. The highest BCUT2D eigenvalue weighted by molar-refractivity contribution is 7.92. The molecule has 0 aliphatic heterocycles. The van der Waals surface area contributed by atoms with E-state index in [2.05, 4.69) is 14.7 Å². The second kappa shape index (κ2) is 9.45. The molecule has 0 radical (unpaired) electrons. The highest BCUT2D eigenvalue weighted by Gasteiger charge is 2.33. The molecule has 3 heterocycles. The van der Waals surface area contributed by atoms with Crippen molar-refractivity contribution in [1.29, 1.82) is 0 Å². The van der Waals surface area contributed by atoms with Gasteiger partial charge in [0.05, 0.1) is 27.5 Å². The Kier molecular flexibility index (Phi) is 6.50. The van der Waals surface area contributed by atoms with Gasteiger partial charge in [0.2, 0.25) is 10.0 Å². The van der Waals surface area contributed by atoms with Crippen LogP contribution in [0, 0.1) is 6.92 Å². The monoisotopic (exact) mass is 577 g/mol. The smallest absolute Gasteiger partial charge is 0.357 e. The summed E-state index contributed by atoms with van der Waals surface area (Å²) in [6.07, 6.45) is -1.33. The number of hydrogen-bond donors (Lipinski definition) is 2. The average molecular weight is 578 g/mol. The normalized spacial score (nSPS) is 12.5. The van der Waals surface area contributed by atoms with Crippen LogP contribution in [-0.2, 0) is 29.8 Å². The van der Waals surface area contributed by atoms with Crippen LogP contribution in [0.1, 0.15) is 23.9 Å². The van der Waals surface area contributed by atoms with E-state index in [0.29, 0.717) is 44.5 Å². The third kappa shape index (κ3) is 4.89. The lowest BCUT2D eigenvalue weighted by atomic mass is 10.0. The number of aryl methyl sites for hydroxylation is 2. The summed E-state index contributed by atoms with van der Waals surface area (Å²) in [4.78, 5) is 20.1. The van der Waals surface area contributed by atoms with Crippen LogP contribution < -0.4 is 10.3 Å². The zero-order chi connectivity index (χ0) is 28.3. The van der Waals surface area contributed by atoms with E-state index in [9.17, 15) is 26.4 Å². The molecule has 0 saturated carbocycles. The topological polar surface area (TPSA) is 102 Å². The fourth-order valence-electron chi connectivity index (χ4n) is 4.58. The van der Waals surface area contributed by atoms with Crippen LogP contribution in [0.15, 0.2) is 53.6 Å². The van der Waals surface area contributed by atoms with Crippen molar-refractivity contribution >= 4 is 49.2 Å². The number of H-pyrrole nitrogens is 1. The lowest BCUT2D eigenvalue weighted by Gasteiger charge is -2.14. The Labute approximate surface area is 226 Å². The number of hydrogen-bond acceptors (Lipinski definition) is 4. The summed E-state index contributed by atoms with van der Waals surface area (Å²) >= 11 is 5.80. The predicted octanol–water partition coefficient (Wildman–Crippen LogP) is 5.67. The minimum absolute atomic E-state index is 0.0266. The molecule has 204 valence electrons. The third-order valence-electron chi connectivity index (χ3n) is 6.57. The number of alkyl halides is 3. The number of halogens is 4. The van der Waals surface area contributed by atoms with E-state index in [0.717, 1.165) is 6.07 Å². The number of aromatic nitrogens is 4. The maximum Gasteiger partial charge on any atom is 0.417 e. The minimum Gasteiger partial charge on any atom is -0.357 e. The number of sulfonamides is 1. The van der Waals surface area contributed by atoms with Crippen LogP contribution in [0.3, 0.4) is 0 Å². The molecule has 0 aliphatic carbocycles. The molecule has 0 atom stereocenters. The number of anilines is 1. The Balaban J connectivity index is 1.75. The standard InChI is InChI=1S/C26H23ClF3N5O3S/c1-4-39(37,38)33-21-10-16(18-13-34(3)25(36)23-17(18)7-8-31-23)11-22-24(21)32-14(2)35(22)12-15-5-6-20(27)19(9-15)26(28,29)30/h5-11,13,31,33H,4,12H2,1-3H3. The van der Waals surface area contributed by atoms with Crippen molar-refractivity contribution in [3.63, 3.8) is 0 Å². The molecule has 5 rings (SSSR count). The zero-order valence-electron chi connectivity index (χ0n) is 21.0. The van der Waals surface area contributed by atoms with Gasteiger partial charge in [-0.2, -0.15) is 13.2 Å². The molecule has 0 aliphatic rings. The van der Waals surface area contributed by atoms with E-state index < -0.39 is 26.8 Å². The molecule has 0 saturated heterocycles. The van der Waals surface area contributed by atoms with Crippen molar-refractivity contribution in [2.45, 2.75) is 26.6 Å². The van der Waals surface area contributed by atoms with Crippen molar-refractivity contribution in [3.05, 3.63) is 81.1 Å². The van der Waals surface area contributed by atoms with Gasteiger partial charge in [0.25, 0.3) is 5.56 Å². The van der Waals surface area contributed by atoms with E-state index in [-0.39, 0.29) is 23.5 Å². The summed E-state index contributed by atoms with van der Waals surface area (Å²) in [6, 6.07) is 8.88. The highest BCUT2D eigenvalue weighted by atomic mass is 35.5. The Bertz CT molecular complexity index is 1920. The number of rotatable bonds is 6. The van der Waals surface area contributed by atoms with E-state index >= 15 is 0 Å². The molecule has 5 aromatic rings. The van der Waals surface area contributed by atoms with Gasteiger partial charge in [0.15, 0.2) is 0 Å². The summed E-state index contributed by atoms with van der Waals surface area (Å²) < 4.78 is 71.3. The summed E-state index contributed by atoms with van der Waals surface area (Å²) in [5, 5.41) is 0.235. The molecule has 3 aromatic heterocycles. The van der Waals surface area contributed by atoms with E-state index in [1.54, 1.807) is 49.1 Å². The lowest BCUT2D eigenvalue weighted by Crippen LogP contribution is -2.17. The van der Waals surface area contributed by atoms with Gasteiger partial charge >= 0.3 is 6.18 Å². The number of pyridine rings is 1. The van der Waals surface area contributed by atoms with Gasteiger partial charge in [-0.1, -0.05) is 17.7 Å². The predicted molar refractivity (Wildman–Crippen MR) is 146 cm³/mol. The van der Waals surface area contributed by atoms with Gasteiger partial charge in [0.1, 0.15) is 16.9 Å². The second-order valence-corrected chi connectivity index (χ2v) is 11.6. The van der Waals surface area contributed by atoms with Gasteiger partial charge in [-0.05, 0) is 55.3 Å². The Morgan fingerprint density at radius 3 is 2.59 bits per heavy atom. The maximum absolute atomic E-state index is 13.5. The Morgan fingerprint density at radius 1 is 1.15 bits per heavy atom.